The fourth-order valence-electron chi connectivity index (χ4n) is 2.48. The third-order valence-corrected chi connectivity index (χ3v) is 3.50. The van der Waals surface area contributed by atoms with E-state index in [1.54, 1.807) is 23.2 Å². The van der Waals surface area contributed by atoms with E-state index >= 15 is 0 Å². The quantitative estimate of drug-likeness (QED) is 0.847. The number of nitrogens with zero attached hydrogens (tertiary/aromatic N) is 2. The van der Waals surface area contributed by atoms with Gasteiger partial charge in [0.05, 0.1) is 18.7 Å². The van der Waals surface area contributed by atoms with E-state index in [2.05, 4.69) is 0 Å². The topological polar surface area (TPSA) is 62.5 Å². The van der Waals surface area contributed by atoms with Gasteiger partial charge >= 0.3 is 0 Å². The Kier molecular flexibility index (Phi) is 4.04. The molecule has 2 rings (SSSR count). The second kappa shape index (κ2) is 5.57. The Morgan fingerprint density at radius 1 is 1.42 bits per heavy atom. The van der Waals surface area contributed by atoms with Gasteiger partial charge in [-0.3, -0.25) is 9.59 Å². The summed E-state index contributed by atoms with van der Waals surface area (Å²) in [7, 11) is 0. The fraction of sp³-hybridized carbons (Fsp3) is 0.571. The lowest BCUT2D eigenvalue weighted by atomic mass is 9.89. The van der Waals surface area contributed by atoms with Gasteiger partial charge in [-0.1, -0.05) is 19.4 Å². The van der Waals surface area contributed by atoms with Gasteiger partial charge in [0.2, 0.25) is 5.91 Å². The number of carbonyl (C=O) groups is 1. The van der Waals surface area contributed by atoms with Gasteiger partial charge in [-0.2, -0.15) is 0 Å². The van der Waals surface area contributed by atoms with E-state index in [0.717, 1.165) is 12.8 Å². The Hall–Kier alpha value is -1.62. The average Bonchev–Trinajstić information content (AvgIpc) is 2.35. The van der Waals surface area contributed by atoms with Crippen LogP contribution >= 0.6 is 0 Å². The van der Waals surface area contributed by atoms with Crippen LogP contribution in [0.2, 0.25) is 0 Å². The number of carbonyl (C=O) groups excluding carboxylic acids is 1. The van der Waals surface area contributed by atoms with Crippen LogP contribution in [0.1, 0.15) is 26.2 Å². The summed E-state index contributed by atoms with van der Waals surface area (Å²) in [4.78, 5) is 25.0. The van der Waals surface area contributed by atoms with Crippen molar-refractivity contribution in [2.45, 2.75) is 38.3 Å². The molecule has 1 amide bonds. The number of aromatic nitrogens is 1. The number of β-amino-alcohol motifs (C(OH)–C–C–N with tert-alkyl or cyclic N) is 1. The molecule has 5 heteroatoms. The third kappa shape index (κ3) is 3.23. The van der Waals surface area contributed by atoms with Crippen LogP contribution < -0.4 is 5.56 Å². The number of aryl methyl sites for hydroxylation is 1. The second-order valence-corrected chi connectivity index (χ2v) is 5.21. The lowest BCUT2D eigenvalue weighted by Crippen LogP contribution is -2.63. The van der Waals surface area contributed by atoms with Gasteiger partial charge in [0.15, 0.2) is 0 Å². The predicted molar refractivity (Wildman–Crippen MR) is 71.8 cm³/mol. The fourth-order valence-corrected chi connectivity index (χ4v) is 2.48. The summed E-state index contributed by atoms with van der Waals surface area (Å²) in [6.07, 6.45) is 3.62. The lowest BCUT2D eigenvalue weighted by Gasteiger charge is -2.46. The summed E-state index contributed by atoms with van der Waals surface area (Å²) in [5.74, 6) is -0.00321. The molecule has 0 aromatic carbocycles. The summed E-state index contributed by atoms with van der Waals surface area (Å²) in [5, 5.41) is 10.0. The van der Waals surface area contributed by atoms with Gasteiger partial charge in [0.1, 0.15) is 0 Å². The van der Waals surface area contributed by atoms with Crippen LogP contribution in [0.3, 0.4) is 0 Å². The van der Waals surface area contributed by atoms with E-state index in [1.165, 1.54) is 10.6 Å². The van der Waals surface area contributed by atoms with E-state index in [9.17, 15) is 14.7 Å². The first-order chi connectivity index (χ1) is 9.04. The van der Waals surface area contributed by atoms with Crippen molar-refractivity contribution in [2.75, 3.05) is 13.1 Å². The molecule has 0 spiro atoms. The molecule has 1 saturated heterocycles. The Labute approximate surface area is 112 Å². The smallest absolute Gasteiger partial charge is 0.250 e. The van der Waals surface area contributed by atoms with Crippen LogP contribution in [0.25, 0.3) is 0 Å². The third-order valence-electron chi connectivity index (χ3n) is 3.50. The van der Waals surface area contributed by atoms with E-state index in [1.807, 2.05) is 6.92 Å². The highest BCUT2D eigenvalue weighted by Gasteiger charge is 2.42. The molecule has 5 nitrogen and oxygen atoms in total. The number of hydrogen-bond acceptors (Lipinski definition) is 3. The molecule has 1 aromatic rings. The second-order valence-electron chi connectivity index (χ2n) is 5.21. The molecule has 1 N–H and O–H groups in total. The van der Waals surface area contributed by atoms with Crippen LogP contribution in [0.5, 0.6) is 0 Å². The first-order valence-electron chi connectivity index (χ1n) is 6.70. The largest absolute Gasteiger partial charge is 0.386 e. The van der Waals surface area contributed by atoms with Crippen molar-refractivity contribution >= 4 is 5.91 Å². The first-order valence-corrected chi connectivity index (χ1v) is 6.70. The van der Waals surface area contributed by atoms with Crippen molar-refractivity contribution in [3.05, 3.63) is 34.7 Å². The van der Waals surface area contributed by atoms with Crippen LogP contribution in [0.4, 0.5) is 0 Å². The number of amides is 1. The monoisotopic (exact) mass is 264 g/mol. The van der Waals surface area contributed by atoms with E-state index in [-0.39, 0.29) is 11.5 Å². The highest BCUT2D eigenvalue weighted by atomic mass is 16.3. The zero-order chi connectivity index (χ0) is 13.9. The Morgan fingerprint density at radius 3 is 2.79 bits per heavy atom. The maximum atomic E-state index is 11.9. The van der Waals surface area contributed by atoms with Gasteiger partial charge in [-0.15, -0.1) is 0 Å². The molecular weight excluding hydrogens is 244 g/mol. The molecule has 0 atom stereocenters. The molecule has 104 valence electrons. The number of hydrogen-bond donors (Lipinski definition) is 1. The molecule has 1 fully saturated rings. The van der Waals surface area contributed by atoms with Crippen molar-refractivity contribution in [3.63, 3.8) is 0 Å². The van der Waals surface area contributed by atoms with Crippen molar-refractivity contribution in [1.29, 1.82) is 0 Å². The minimum absolute atomic E-state index is 0.00321. The van der Waals surface area contributed by atoms with Gasteiger partial charge in [0, 0.05) is 25.2 Å². The van der Waals surface area contributed by atoms with E-state index in [0.29, 0.717) is 26.1 Å². The zero-order valence-electron chi connectivity index (χ0n) is 11.2. The number of pyridine rings is 1. The summed E-state index contributed by atoms with van der Waals surface area (Å²) in [5.41, 5.74) is -0.782. The minimum Gasteiger partial charge on any atom is -0.386 e. The summed E-state index contributed by atoms with van der Waals surface area (Å²) < 4.78 is 1.52. The summed E-state index contributed by atoms with van der Waals surface area (Å²) >= 11 is 0. The molecular formula is C14H20N2O3. The molecule has 0 unspecified atom stereocenters. The van der Waals surface area contributed by atoms with Crippen molar-refractivity contribution in [3.8, 4) is 0 Å². The lowest BCUT2D eigenvalue weighted by molar-refractivity contribution is -0.156. The Morgan fingerprint density at radius 2 is 2.16 bits per heavy atom. The predicted octanol–water partition coefficient (Wildman–Crippen LogP) is 0.612. The molecule has 0 radical (unpaired) electrons. The number of aliphatic hydroxyl groups is 1. The zero-order valence-corrected chi connectivity index (χ0v) is 11.2. The standard InChI is InChI=1S/C14H20N2O3/c1-2-7-14(19)10-16(11-14)13(18)6-9-15-8-4-3-5-12(15)17/h3-5,8,19H,2,6-7,9-11H2,1H3. The minimum atomic E-state index is -0.687. The highest BCUT2D eigenvalue weighted by Crippen LogP contribution is 2.26. The molecule has 0 bridgehead atoms. The first kappa shape index (κ1) is 13.8. The maximum Gasteiger partial charge on any atom is 0.250 e. The van der Waals surface area contributed by atoms with Crippen LogP contribution in [0, 0.1) is 0 Å². The molecule has 1 aliphatic rings. The SMILES string of the molecule is CCCC1(O)CN(C(=O)CCn2ccccc2=O)C1. The van der Waals surface area contributed by atoms with Gasteiger partial charge in [0.25, 0.3) is 5.56 Å². The molecule has 0 aliphatic carbocycles. The number of rotatable bonds is 5. The van der Waals surface area contributed by atoms with Crippen LogP contribution in [0.15, 0.2) is 29.2 Å². The highest BCUT2D eigenvalue weighted by molar-refractivity contribution is 5.77. The van der Waals surface area contributed by atoms with Gasteiger partial charge in [-0.05, 0) is 12.5 Å². The molecule has 2 heterocycles. The van der Waals surface area contributed by atoms with E-state index < -0.39 is 5.60 Å². The molecule has 1 aromatic heterocycles. The van der Waals surface area contributed by atoms with Crippen molar-refractivity contribution in [1.82, 2.24) is 9.47 Å². The Bertz CT molecular complexity index is 503. The van der Waals surface area contributed by atoms with Gasteiger partial charge in [-0.25, -0.2) is 0 Å². The van der Waals surface area contributed by atoms with Crippen LogP contribution in [-0.2, 0) is 11.3 Å². The van der Waals surface area contributed by atoms with E-state index in [4.69, 9.17) is 0 Å². The van der Waals surface area contributed by atoms with Crippen LogP contribution in [-0.4, -0.2) is 39.2 Å². The van der Waals surface area contributed by atoms with Crippen molar-refractivity contribution < 1.29 is 9.90 Å². The normalized spacial score (nSPS) is 17.1. The maximum absolute atomic E-state index is 11.9. The summed E-state index contributed by atoms with van der Waals surface area (Å²) in [6.45, 7) is 3.25. The Balaban J connectivity index is 1.81. The average molecular weight is 264 g/mol. The van der Waals surface area contributed by atoms with Crippen molar-refractivity contribution in [2.24, 2.45) is 0 Å². The van der Waals surface area contributed by atoms with Gasteiger partial charge < -0.3 is 14.6 Å². The molecule has 0 saturated carbocycles. The molecule has 19 heavy (non-hydrogen) atoms. The number of likely N-dealkylation sites (tertiary alicyclic amines) is 1. The summed E-state index contributed by atoms with van der Waals surface area (Å²) in [6, 6.07) is 4.94. The molecule has 1 aliphatic heterocycles.